The summed E-state index contributed by atoms with van der Waals surface area (Å²) in [5.41, 5.74) is 2.83. The van der Waals surface area contributed by atoms with Crippen LogP contribution >= 0.6 is 0 Å². The van der Waals surface area contributed by atoms with Gasteiger partial charge in [0.25, 0.3) is 0 Å². The lowest BCUT2D eigenvalue weighted by Crippen LogP contribution is -2.19. The maximum absolute atomic E-state index is 13.9. The van der Waals surface area contributed by atoms with E-state index in [9.17, 15) is 4.39 Å². The minimum Gasteiger partial charge on any atom is -0.493 e. The van der Waals surface area contributed by atoms with Gasteiger partial charge in [0.05, 0.1) is 18.8 Å². The fourth-order valence-electron chi connectivity index (χ4n) is 2.51. The van der Waals surface area contributed by atoms with Crippen molar-refractivity contribution in [3.05, 3.63) is 59.2 Å². The molecule has 3 nitrogen and oxygen atoms in total. The number of rotatable bonds is 3. The summed E-state index contributed by atoms with van der Waals surface area (Å²) in [5, 5.41) is 3.16. The molecule has 1 N–H and O–H groups in total. The summed E-state index contributed by atoms with van der Waals surface area (Å²) in [7, 11) is 1.83. The van der Waals surface area contributed by atoms with Gasteiger partial charge in [-0.25, -0.2) is 4.39 Å². The lowest BCUT2D eigenvalue weighted by atomic mass is 9.97. The Bertz CT molecular complexity index is 600. The second-order valence-electron chi connectivity index (χ2n) is 4.58. The van der Waals surface area contributed by atoms with Crippen molar-refractivity contribution in [1.29, 1.82) is 0 Å². The molecule has 0 fully saturated rings. The fraction of sp³-hybridized carbons (Fsp3) is 0.267. The number of aromatic nitrogens is 1. The van der Waals surface area contributed by atoms with Crippen molar-refractivity contribution < 1.29 is 9.13 Å². The van der Waals surface area contributed by atoms with Crippen LogP contribution in [0.25, 0.3) is 0 Å². The Balaban J connectivity index is 2.01. The number of benzene rings is 1. The quantitative estimate of drug-likeness (QED) is 0.918. The van der Waals surface area contributed by atoms with E-state index in [4.69, 9.17) is 4.74 Å². The summed E-state index contributed by atoms with van der Waals surface area (Å²) in [5.74, 6) is 0.646. The van der Waals surface area contributed by atoms with Crippen molar-refractivity contribution >= 4 is 0 Å². The van der Waals surface area contributed by atoms with E-state index < -0.39 is 0 Å². The molecule has 2 heterocycles. The van der Waals surface area contributed by atoms with Crippen molar-refractivity contribution in [2.75, 3.05) is 13.7 Å². The maximum Gasteiger partial charge on any atom is 0.146 e. The van der Waals surface area contributed by atoms with Gasteiger partial charge < -0.3 is 10.1 Å². The van der Waals surface area contributed by atoms with Crippen molar-refractivity contribution in [3.8, 4) is 5.75 Å². The summed E-state index contributed by atoms with van der Waals surface area (Å²) < 4.78 is 19.4. The summed E-state index contributed by atoms with van der Waals surface area (Å²) >= 11 is 0. The monoisotopic (exact) mass is 258 g/mol. The minimum atomic E-state index is -0.293. The Labute approximate surface area is 111 Å². The maximum atomic E-state index is 13.9. The first-order valence-corrected chi connectivity index (χ1v) is 6.32. The molecule has 98 valence electrons. The molecule has 1 aromatic heterocycles. The highest BCUT2D eigenvalue weighted by Crippen LogP contribution is 2.31. The molecule has 0 amide bonds. The highest BCUT2D eigenvalue weighted by Gasteiger charge is 2.19. The molecule has 1 aliphatic heterocycles. The molecule has 0 spiro atoms. The van der Waals surface area contributed by atoms with Crippen LogP contribution in [0.2, 0.25) is 0 Å². The lowest BCUT2D eigenvalue weighted by molar-refractivity contribution is 0.357. The van der Waals surface area contributed by atoms with Crippen molar-refractivity contribution in [2.45, 2.75) is 12.5 Å². The molecule has 0 saturated heterocycles. The molecule has 2 aromatic rings. The summed E-state index contributed by atoms with van der Waals surface area (Å²) in [6.45, 7) is 0.729. The number of hydrogen-bond acceptors (Lipinski definition) is 3. The molecular formula is C15H15FN2O. The van der Waals surface area contributed by atoms with Crippen molar-refractivity contribution in [3.63, 3.8) is 0 Å². The van der Waals surface area contributed by atoms with Crippen molar-refractivity contribution in [1.82, 2.24) is 10.3 Å². The van der Waals surface area contributed by atoms with Crippen LogP contribution < -0.4 is 10.1 Å². The highest BCUT2D eigenvalue weighted by molar-refractivity contribution is 5.43. The number of nitrogens with one attached hydrogen (secondary N) is 1. The van der Waals surface area contributed by atoms with E-state index in [1.807, 2.05) is 19.2 Å². The zero-order chi connectivity index (χ0) is 13.2. The molecular weight excluding hydrogens is 243 g/mol. The Morgan fingerprint density at radius 2 is 2.26 bits per heavy atom. The van der Waals surface area contributed by atoms with Crippen LogP contribution in [0.5, 0.6) is 5.75 Å². The molecule has 3 rings (SSSR count). The largest absolute Gasteiger partial charge is 0.493 e. The molecule has 1 unspecified atom stereocenters. The normalized spacial score (nSPS) is 14.8. The van der Waals surface area contributed by atoms with Crippen molar-refractivity contribution in [2.24, 2.45) is 0 Å². The minimum absolute atomic E-state index is 0.172. The second kappa shape index (κ2) is 4.97. The summed E-state index contributed by atoms with van der Waals surface area (Å²) in [4.78, 5) is 3.79. The van der Waals surface area contributed by atoms with Gasteiger partial charge in [-0.2, -0.15) is 0 Å². The number of ether oxygens (including phenoxy) is 1. The third-order valence-electron chi connectivity index (χ3n) is 3.45. The summed E-state index contributed by atoms with van der Waals surface area (Å²) in [6, 6.07) is 7.56. The average Bonchev–Trinajstić information content (AvgIpc) is 2.89. The highest BCUT2D eigenvalue weighted by atomic mass is 19.1. The standard InChI is InChI=1S/C15H15FN2O/c1-17-15(12-4-6-18-9-13(12)16)11-2-3-14-10(8-11)5-7-19-14/h2-4,6,8-9,15,17H,5,7H2,1H3. The SMILES string of the molecule is CNC(c1ccc2c(c1)CCO2)c1ccncc1F. The molecule has 0 saturated carbocycles. The molecule has 0 radical (unpaired) electrons. The van der Waals surface area contributed by atoms with Gasteiger partial charge in [0, 0.05) is 18.2 Å². The van der Waals surface area contributed by atoms with Crippen LogP contribution in [-0.2, 0) is 6.42 Å². The van der Waals surface area contributed by atoms with Gasteiger partial charge in [-0.15, -0.1) is 0 Å². The molecule has 1 atom stereocenters. The Kier molecular flexibility index (Phi) is 3.17. The van der Waals surface area contributed by atoms with Gasteiger partial charge in [0.15, 0.2) is 0 Å². The van der Waals surface area contributed by atoms with Gasteiger partial charge in [-0.05, 0) is 30.3 Å². The van der Waals surface area contributed by atoms with Crippen LogP contribution in [-0.4, -0.2) is 18.6 Å². The van der Waals surface area contributed by atoms with Crippen LogP contribution in [0.3, 0.4) is 0 Å². The molecule has 0 bridgehead atoms. The zero-order valence-corrected chi connectivity index (χ0v) is 10.7. The number of hydrogen-bond donors (Lipinski definition) is 1. The predicted octanol–water partition coefficient (Wildman–Crippen LogP) is 2.46. The van der Waals surface area contributed by atoms with Gasteiger partial charge in [0.2, 0.25) is 0 Å². The van der Waals surface area contributed by atoms with E-state index in [1.54, 1.807) is 12.3 Å². The fourth-order valence-corrected chi connectivity index (χ4v) is 2.51. The molecule has 0 aliphatic carbocycles. The number of halogens is 1. The third kappa shape index (κ3) is 2.19. The van der Waals surface area contributed by atoms with Crippen LogP contribution in [0.4, 0.5) is 4.39 Å². The second-order valence-corrected chi connectivity index (χ2v) is 4.58. The van der Waals surface area contributed by atoms with E-state index in [-0.39, 0.29) is 11.9 Å². The van der Waals surface area contributed by atoms with E-state index in [1.165, 1.54) is 11.8 Å². The van der Waals surface area contributed by atoms with Gasteiger partial charge in [-0.1, -0.05) is 12.1 Å². The predicted molar refractivity (Wildman–Crippen MR) is 70.7 cm³/mol. The molecule has 4 heteroatoms. The topological polar surface area (TPSA) is 34.1 Å². The molecule has 1 aliphatic rings. The number of pyridine rings is 1. The third-order valence-corrected chi connectivity index (χ3v) is 3.45. The van der Waals surface area contributed by atoms with E-state index >= 15 is 0 Å². The Hall–Kier alpha value is -1.94. The van der Waals surface area contributed by atoms with Gasteiger partial charge >= 0.3 is 0 Å². The lowest BCUT2D eigenvalue weighted by Gasteiger charge is -2.18. The first kappa shape index (κ1) is 12.1. The first-order chi connectivity index (χ1) is 9.29. The van der Waals surface area contributed by atoms with Gasteiger partial charge in [-0.3, -0.25) is 4.98 Å². The Morgan fingerprint density at radius 3 is 3.05 bits per heavy atom. The van der Waals surface area contributed by atoms with E-state index in [0.29, 0.717) is 5.56 Å². The van der Waals surface area contributed by atoms with Crippen LogP contribution in [0, 0.1) is 5.82 Å². The first-order valence-electron chi connectivity index (χ1n) is 6.32. The molecule has 19 heavy (non-hydrogen) atoms. The van der Waals surface area contributed by atoms with E-state index in [0.717, 1.165) is 24.3 Å². The van der Waals surface area contributed by atoms with Crippen LogP contribution in [0.15, 0.2) is 36.7 Å². The number of fused-ring (bicyclic) bond motifs is 1. The summed E-state index contributed by atoms with van der Waals surface area (Å²) in [6.07, 6.45) is 3.77. The zero-order valence-electron chi connectivity index (χ0n) is 10.7. The average molecular weight is 258 g/mol. The Morgan fingerprint density at radius 1 is 1.37 bits per heavy atom. The smallest absolute Gasteiger partial charge is 0.146 e. The van der Waals surface area contributed by atoms with E-state index in [2.05, 4.69) is 16.4 Å². The van der Waals surface area contributed by atoms with Gasteiger partial charge in [0.1, 0.15) is 11.6 Å². The molecule has 1 aromatic carbocycles. The van der Waals surface area contributed by atoms with Crippen LogP contribution in [0.1, 0.15) is 22.7 Å². The number of nitrogens with zero attached hydrogens (tertiary/aromatic N) is 1.